The van der Waals surface area contributed by atoms with Crippen molar-refractivity contribution in [3.63, 3.8) is 0 Å². The molecule has 3 nitrogen and oxygen atoms in total. The minimum atomic E-state index is -0.994. The van der Waals surface area contributed by atoms with Gasteiger partial charge in [-0.05, 0) is 6.07 Å². The Hall–Kier alpha value is -1.29. The predicted molar refractivity (Wildman–Crippen MR) is 47.3 cm³/mol. The van der Waals surface area contributed by atoms with Crippen molar-refractivity contribution in [1.29, 1.82) is 0 Å². The zero-order valence-corrected chi connectivity index (χ0v) is 7.71. The predicted octanol–water partition coefficient (Wildman–Crippen LogP) is 2.04. The van der Waals surface area contributed by atoms with Crippen LogP contribution in [0.3, 0.4) is 0 Å². The third kappa shape index (κ3) is 1.32. The van der Waals surface area contributed by atoms with Crippen LogP contribution in [0.5, 0.6) is 5.75 Å². The highest BCUT2D eigenvalue weighted by atomic mass is 35.5. The van der Waals surface area contributed by atoms with Crippen molar-refractivity contribution in [2.45, 2.75) is 5.92 Å². The van der Waals surface area contributed by atoms with E-state index in [-0.39, 0.29) is 17.4 Å². The molecule has 1 aliphatic heterocycles. The standard InChI is InChI=1S/C9H6ClFO3/c10-6-1-4-5(9(12)13)3-14-8(4)2-7(6)11/h1-2,5H,3H2,(H,12,13). The second kappa shape index (κ2) is 3.13. The van der Waals surface area contributed by atoms with Crippen molar-refractivity contribution < 1.29 is 19.0 Å². The van der Waals surface area contributed by atoms with E-state index < -0.39 is 17.7 Å². The Bertz CT molecular complexity index is 405. The van der Waals surface area contributed by atoms with Crippen LogP contribution < -0.4 is 4.74 Å². The van der Waals surface area contributed by atoms with Crippen LogP contribution in [0.25, 0.3) is 0 Å². The van der Waals surface area contributed by atoms with Gasteiger partial charge in [0.05, 0.1) is 5.02 Å². The number of carboxylic acids is 1. The molecule has 2 rings (SSSR count). The summed E-state index contributed by atoms with van der Waals surface area (Å²) in [7, 11) is 0. The first kappa shape index (κ1) is 9.27. The van der Waals surface area contributed by atoms with Gasteiger partial charge in [0.25, 0.3) is 0 Å². The minimum Gasteiger partial charge on any atom is -0.492 e. The van der Waals surface area contributed by atoms with Gasteiger partial charge in [0, 0.05) is 11.6 Å². The summed E-state index contributed by atoms with van der Waals surface area (Å²) < 4.78 is 18.0. The average Bonchev–Trinajstić information content (AvgIpc) is 2.48. The highest BCUT2D eigenvalue weighted by molar-refractivity contribution is 6.30. The third-order valence-corrected chi connectivity index (χ3v) is 2.42. The fourth-order valence-electron chi connectivity index (χ4n) is 1.41. The van der Waals surface area contributed by atoms with E-state index in [1.54, 1.807) is 0 Å². The number of carbonyl (C=O) groups is 1. The molecule has 0 radical (unpaired) electrons. The molecule has 1 atom stereocenters. The van der Waals surface area contributed by atoms with Crippen LogP contribution in [-0.2, 0) is 4.79 Å². The highest BCUT2D eigenvalue weighted by Crippen LogP contribution is 2.37. The lowest BCUT2D eigenvalue weighted by molar-refractivity contribution is -0.138. The molecule has 5 heteroatoms. The maximum atomic E-state index is 12.9. The summed E-state index contributed by atoms with van der Waals surface area (Å²) in [5, 5.41) is 8.72. The van der Waals surface area contributed by atoms with Crippen molar-refractivity contribution in [2.24, 2.45) is 0 Å². The molecule has 0 amide bonds. The molecule has 1 aromatic carbocycles. The molecule has 14 heavy (non-hydrogen) atoms. The zero-order chi connectivity index (χ0) is 10.3. The third-order valence-electron chi connectivity index (χ3n) is 2.13. The minimum absolute atomic E-state index is 0.0322. The first-order chi connectivity index (χ1) is 6.59. The number of fused-ring (bicyclic) bond motifs is 1. The largest absolute Gasteiger partial charge is 0.492 e. The summed E-state index contributed by atoms with van der Waals surface area (Å²) in [5.74, 6) is -2.08. The van der Waals surface area contributed by atoms with Gasteiger partial charge in [0.2, 0.25) is 0 Å². The maximum absolute atomic E-state index is 12.9. The number of benzene rings is 1. The smallest absolute Gasteiger partial charge is 0.314 e. The molecular formula is C9H6ClFO3. The lowest BCUT2D eigenvalue weighted by Crippen LogP contribution is -2.12. The molecule has 1 heterocycles. The number of ether oxygens (including phenoxy) is 1. The summed E-state index contributed by atoms with van der Waals surface area (Å²) in [5.41, 5.74) is 0.434. The van der Waals surface area contributed by atoms with Crippen molar-refractivity contribution in [1.82, 2.24) is 0 Å². The molecule has 74 valence electrons. The van der Waals surface area contributed by atoms with E-state index in [9.17, 15) is 9.18 Å². The van der Waals surface area contributed by atoms with E-state index in [1.807, 2.05) is 0 Å². The molecule has 0 fully saturated rings. The van der Waals surface area contributed by atoms with Crippen LogP contribution in [0.1, 0.15) is 11.5 Å². The molecule has 0 bridgehead atoms. The molecule has 1 aliphatic rings. The summed E-state index contributed by atoms with van der Waals surface area (Å²) in [6, 6.07) is 2.42. The number of hydrogen-bond acceptors (Lipinski definition) is 2. The quantitative estimate of drug-likeness (QED) is 0.782. The summed E-state index contributed by atoms with van der Waals surface area (Å²) >= 11 is 5.54. The topological polar surface area (TPSA) is 46.5 Å². The van der Waals surface area contributed by atoms with Gasteiger partial charge in [-0.1, -0.05) is 11.6 Å². The molecule has 1 unspecified atom stereocenters. The monoisotopic (exact) mass is 216 g/mol. The van der Waals surface area contributed by atoms with Gasteiger partial charge in [-0.3, -0.25) is 4.79 Å². The van der Waals surface area contributed by atoms with Gasteiger partial charge >= 0.3 is 5.97 Å². The van der Waals surface area contributed by atoms with Gasteiger partial charge in [-0.25, -0.2) is 4.39 Å². The Labute approximate surface area is 84.1 Å². The van der Waals surface area contributed by atoms with Gasteiger partial charge in [-0.2, -0.15) is 0 Å². The number of hydrogen-bond donors (Lipinski definition) is 1. The number of carboxylic acid groups (broad SMARTS) is 1. The Kier molecular flexibility index (Phi) is 2.07. The van der Waals surface area contributed by atoms with Crippen LogP contribution in [0, 0.1) is 5.82 Å². The van der Waals surface area contributed by atoms with E-state index in [4.69, 9.17) is 21.4 Å². The molecule has 1 N–H and O–H groups in total. The molecule has 0 saturated carbocycles. The summed E-state index contributed by atoms with van der Waals surface area (Å²) in [6.07, 6.45) is 0. The lowest BCUT2D eigenvalue weighted by atomic mass is 10.0. The van der Waals surface area contributed by atoms with Crippen LogP contribution in [0.15, 0.2) is 12.1 Å². The molecule has 0 aromatic heterocycles. The van der Waals surface area contributed by atoms with Gasteiger partial charge < -0.3 is 9.84 Å². The van der Waals surface area contributed by atoms with E-state index in [1.165, 1.54) is 6.07 Å². The SMILES string of the molecule is O=C(O)C1COc2cc(F)c(Cl)cc21. The van der Waals surface area contributed by atoms with Crippen LogP contribution in [0.2, 0.25) is 5.02 Å². The molecular weight excluding hydrogens is 211 g/mol. The molecule has 1 aromatic rings. The molecule has 0 saturated heterocycles. The second-order valence-electron chi connectivity index (χ2n) is 3.01. The summed E-state index contributed by atoms with van der Waals surface area (Å²) in [6.45, 7) is 0.0322. The Morgan fingerprint density at radius 3 is 3.00 bits per heavy atom. The van der Waals surface area contributed by atoms with Crippen molar-refractivity contribution in [2.75, 3.05) is 6.61 Å². The molecule has 0 spiro atoms. The summed E-state index contributed by atoms with van der Waals surface area (Å²) in [4.78, 5) is 10.7. The van der Waals surface area contributed by atoms with E-state index in [0.717, 1.165) is 6.07 Å². The fraction of sp³-hybridized carbons (Fsp3) is 0.222. The van der Waals surface area contributed by atoms with E-state index >= 15 is 0 Å². The van der Waals surface area contributed by atoms with E-state index in [2.05, 4.69) is 0 Å². The van der Waals surface area contributed by atoms with Gasteiger partial charge in [0.1, 0.15) is 24.1 Å². The first-order valence-corrected chi connectivity index (χ1v) is 4.32. The normalized spacial score (nSPS) is 18.9. The highest BCUT2D eigenvalue weighted by Gasteiger charge is 2.31. The van der Waals surface area contributed by atoms with E-state index in [0.29, 0.717) is 5.56 Å². The van der Waals surface area contributed by atoms with Crippen LogP contribution in [-0.4, -0.2) is 17.7 Å². The lowest BCUT2D eigenvalue weighted by Gasteiger charge is -2.02. The van der Waals surface area contributed by atoms with Gasteiger partial charge in [0.15, 0.2) is 0 Å². The van der Waals surface area contributed by atoms with Crippen molar-refractivity contribution in [3.8, 4) is 5.75 Å². The Balaban J connectivity index is 2.50. The zero-order valence-electron chi connectivity index (χ0n) is 6.96. The van der Waals surface area contributed by atoms with Crippen LogP contribution >= 0.6 is 11.6 Å². The van der Waals surface area contributed by atoms with Gasteiger partial charge in [-0.15, -0.1) is 0 Å². The Morgan fingerprint density at radius 2 is 2.36 bits per heavy atom. The fourth-order valence-corrected chi connectivity index (χ4v) is 1.58. The van der Waals surface area contributed by atoms with Crippen molar-refractivity contribution in [3.05, 3.63) is 28.5 Å². The average molecular weight is 217 g/mol. The second-order valence-corrected chi connectivity index (χ2v) is 3.41. The molecule has 0 aliphatic carbocycles. The maximum Gasteiger partial charge on any atom is 0.314 e. The number of rotatable bonds is 1. The number of aliphatic carboxylic acids is 1. The van der Waals surface area contributed by atoms with Crippen molar-refractivity contribution >= 4 is 17.6 Å². The Morgan fingerprint density at radius 1 is 1.64 bits per heavy atom. The first-order valence-electron chi connectivity index (χ1n) is 3.94. The number of halogens is 2. The van der Waals surface area contributed by atoms with Crippen LogP contribution in [0.4, 0.5) is 4.39 Å².